The van der Waals surface area contributed by atoms with Crippen LogP contribution in [0.4, 0.5) is 10.1 Å². The van der Waals surface area contributed by atoms with Crippen LogP contribution in [0.2, 0.25) is 0 Å². The third-order valence-corrected chi connectivity index (χ3v) is 7.78. The lowest BCUT2D eigenvalue weighted by molar-refractivity contribution is 0.0712. The van der Waals surface area contributed by atoms with Gasteiger partial charge in [-0.1, -0.05) is 56.3 Å². The Morgan fingerprint density at radius 1 is 0.902 bits per heavy atom. The Balaban J connectivity index is 1.19. The molecule has 210 valence electrons. The summed E-state index contributed by atoms with van der Waals surface area (Å²) in [6.45, 7) is 7.54. The molecule has 2 heterocycles. The van der Waals surface area contributed by atoms with Gasteiger partial charge in [0.15, 0.2) is 0 Å². The molecule has 5 nitrogen and oxygen atoms in total. The molecule has 0 spiro atoms. The quantitative estimate of drug-likeness (QED) is 0.257. The molecule has 1 N–H and O–H groups in total. The zero-order valence-electron chi connectivity index (χ0n) is 23.9. The fourth-order valence-electron chi connectivity index (χ4n) is 5.37. The summed E-state index contributed by atoms with van der Waals surface area (Å²) in [7, 11) is 0. The Bertz CT molecular complexity index is 1510. The SMILES string of the molecule is Cc1ccc(C(=O)N2CCC(c3ccc(-c4ccc(F)cc4)cc3)CC2)cc1NC(=O)c1ccc(CC(C)C)nc1. The molecular formula is C35H36FN3O2. The highest BCUT2D eigenvalue weighted by Gasteiger charge is 2.25. The molecule has 0 aliphatic carbocycles. The molecule has 3 aromatic carbocycles. The first kappa shape index (κ1) is 28.2. The van der Waals surface area contributed by atoms with Crippen molar-refractivity contribution >= 4 is 17.5 Å². The van der Waals surface area contributed by atoms with Crippen LogP contribution in [0.1, 0.15) is 70.1 Å². The lowest BCUT2D eigenvalue weighted by Gasteiger charge is -2.32. The lowest BCUT2D eigenvalue weighted by Crippen LogP contribution is -2.38. The second kappa shape index (κ2) is 12.5. The van der Waals surface area contributed by atoms with Gasteiger partial charge in [0, 0.05) is 36.2 Å². The summed E-state index contributed by atoms with van der Waals surface area (Å²) in [4.78, 5) is 32.6. The van der Waals surface area contributed by atoms with E-state index >= 15 is 0 Å². The molecule has 5 rings (SSSR count). The highest BCUT2D eigenvalue weighted by Crippen LogP contribution is 2.31. The standard InChI is InChI=1S/C35H36FN3O2/c1-23(2)20-32-15-12-30(22-37-32)34(40)38-33-21-29(5-4-24(33)3)35(41)39-18-16-28(17-19-39)26-8-6-25(7-9-26)27-10-13-31(36)14-11-27/h4-15,21-23,28H,16-20H2,1-3H3,(H,38,40). The number of amides is 2. The van der Waals surface area contributed by atoms with E-state index in [4.69, 9.17) is 0 Å². The minimum atomic E-state index is -0.243. The van der Waals surface area contributed by atoms with Crippen molar-refractivity contribution in [2.45, 2.75) is 46.0 Å². The molecule has 1 aliphatic heterocycles. The van der Waals surface area contributed by atoms with Gasteiger partial charge in [-0.25, -0.2) is 4.39 Å². The van der Waals surface area contributed by atoms with Gasteiger partial charge in [-0.05, 0) is 96.7 Å². The van der Waals surface area contributed by atoms with Crippen molar-refractivity contribution in [3.8, 4) is 11.1 Å². The number of halogens is 1. The summed E-state index contributed by atoms with van der Waals surface area (Å²) in [5.41, 5.74) is 6.84. The molecule has 1 fully saturated rings. The van der Waals surface area contributed by atoms with Gasteiger partial charge in [0.05, 0.1) is 5.56 Å². The number of hydrogen-bond acceptors (Lipinski definition) is 3. The predicted octanol–water partition coefficient (Wildman–Crippen LogP) is 7.67. The first-order valence-electron chi connectivity index (χ1n) is 14.3. The third-order valence-electron chi connectivity index (χ3n) is 7.78. The second-order valence-corrected chi connectivity index (χ2v) is 11.3. The third kappa shape index (κ3) is 6.88. The smallest absolute Gasteiger partial charge is 0.257 e. The van der Waals surface area contributed by atoms with Crippen molar-refractivity contribution in [2.24, 2.45) is 5.92 Å². The number of likely N-dealkylation sites (tertiary alicyclic amines) is 1. The number of piperidine rings is 1. The molecule has 41 heavy (non-hydrogen) atoms. The Hall–Kier alpha value is -4.32. The number of anilines is 1. The van der Waals surface area contributed by atoms with Gasteiger partial charge in [0.25, 0.3) is 11.8 Å². The van der Waals surface area contributed by atoms with Gasteiger partial charge >= 0.3 is 0 Å². The van der Waals surface area contributed by atoms with E-state index in [9.17, 15) is 14.0 Å². The molecule has 0 bridgehead atoms. The number of hydrogen-bond donors (Lipinski definition) is 1. The van der Waals surface area contributed by atoms with Gasteiger partial charge in [0.2, 0.25) is 0 Å². The Morgan fingerprint density at radius 3 is 2.15 bits per heavy atom. The van der Waals surface area contributed by atoms with E-state index in [-0.39, 0.29) is 17.6 Å². The topological polar surface area (TPSA) is 62.3 Å². The van der Waals surface area contributed by atoms with E-state index < -0.39 is 0 Å². The Kier molecular flexibility index (Phi) is 8.58. The lowest BCUT2D eigenvalue weighted by atomic mass is 9.88. The monoisotopic (exact) mass is 549 g/mol. The molecule has 1 aromatic heterocycles. The van der Waals surface area contributed by atoms with Crippen LogP contribution in [0.5, 0.6) is 0 Å². The van der Waals surface area contributed by atoms with Gasteiger partial charge in [-0.2, -0.15) is 0 Å². The number of carbonyl (C=O) groups is 2. The number of rotatable bonds is 7. The van der Waals surface area contributed by atoms with E-state index in [1.54, 1.807) is 30.5 Å². The summed E-state index contributed by atoms with van der Waals surface area (Å²) in [5, 5.41) is 2.96. The minimum absolute atomic E-state index is 0.0229. The fourth-order valence-corrected chi connectivity index (χ4v) is 5.37. The summed E-state index contributed by atoms with van der Waals surface area (Å²) in [5.74, 6) is 0.377. The summed E-state index contributed by atoms with van der Waals surface area (Å²) in [6, 6.07) is 24.2. The number of benzene rings is 3. The van der Waals surface area contributed by atoms with Crippen LogP contribution < -0.4 is 5.32 Å². The van der Waals surface area contributed by atoms with E-state index in [0.29, 0.717) is 41.7 Å². The first-order valence-corrected chi connectivity index (χ1v) is 14.3. The zero-order valence-corrected chi connectivity index (χ0v) is 23.9. The molecule has 6 heteroatoms. The first-order chi connectivity index (χ1) is 19.8. The average Bonchev–Trinajstić information content (AvgIpc) is 2.98. The largest absolute Gasteiger partial charge is 0.339 e. The number of aromatic nitrogens is 1. The highest BCUT2D eigenvalue weighted by atomic mass is 19.1. The summed E-state index contributed by atoms with van der Waals surface area (Å²) < 4.78 is 13.3. The van der Waals surface area contributed by atoms with Crippen molar-refractivity contribution in [1.82, 2.24) is 9.88 Å². The van der Waals surface area contributed by atoms with Gasteiger partial charge in [0.1, 0.15) is 5.82 Å². The molecule has 1 saturated heterocycles. The Labute approximate surface area is 241 Å². The molecule has 0 atom stereocenters. The van der Waals surface area contributed by atoms with Crippen molar-refractivity contribution in [2.75, 3.05) is 18.4 Å². The number of nitrogens with zero attached hydrogens (tertiary/aromatic N) is 2. The molecule has 0 saturated carbocycles. The maximum absolute atomic E-state index is 13.4. The van der Waals surface area contributed by atoms with E-state index in [2.05, 4.69) is 48.4 Å². The number of pyridine rings is 1. The molecule has 2 amide bonds. The van der Waals surface area contributed by atoms with Crippen LogP contribution in [0.3, 0.4) is 0 Å². The number of nitrogens with one attached hydrogen (secondary N) is 1. The van der Waals surface area contributed by atoms with E-state index in [1.807, 2.05) is 30.0 Å². The van der Waals surface area contributed by atoms with Crippen molar-refractivity contribution in [1.29, 1.82) is 0 Å². The van der Waals surface area contributed by atoms with Crippen LogP contribution >= 0.6 is 0 Å². The van der Waals surface area contributed by atoms with Crippen LogP contribution in [0, 0.1) is 18.7 Å². The number of aryl methyl sites for hydroxylation is 1. The molecular weight excluding hydrogens is 513 g/mol. The number of carbonyl (C=O) groups excluding carboxylic acids is 2. The second-order valence-electron chi connectivity index (χ2n) is 11.3. The van der Waals surface area contributed by atoms with Crippen molar-refractivity contribution < 1.29 is 14.0 Å². The molecule has 0 unspecified atom stereocenters. The molecule has 0 radical (unpaired) electrons. The Morgan fingerprint density at radius 2 is 1.54 bits per heavy atom. The average molecular weight is 550 g/mol. The fraction of sp³-hybridized carbons (Fsp3) is 0.286. The maximum Gasteiger partial charge on any atom is 0.257 e. The van der Waals surface area contributed by atoms with E-state index in [0.717, 1.165) is 41.6 Å². The van der Waals surface area contributed by atoms with Crippen LogP contribution in [-0.4, -0.2) is 34.8 Å². The highest BCUT2D eigenvalue weighted by molar-refractivity contribution is 6.05. The maximum atomic E-state index is 13.4. The summed E-state index contributed by atoms with van der Waals surface area (Å²) in [6.07, 6.45) is 4.25. The normalized spacial score (nSPS) is 13.8. The van der Waals surface area contributed by atoms with Crippen LogP contribution in [0.25, 0.3) is 11.1 Å². The van der Waals surface area contributed by atoms with Gasteiger partial charge in [-0.3, -0.25) is 14.6 Å². The van der Waals surface area contributed by atoms with Crippen LogP contribution in [0.15, 0.2) is 85.1 Å². The van der Waals surface area contributed by atoms with Gasteiger partial charge < -0.3 is 10.2 Å². The van der Waals surface area contributed by atoms with Crippen LogP contribution in [-0.2, 0) is 6.42 Å². The van der Waals surface area contributed by atoms with E-state index in [1.165, 1.54) is 17.7 Å². The minimum Gasteiger partial charge on any atom is -0.339 e. The summed E-state index contributed by atoms with van der Waals surface area (Å²) >= 11 is 0. The molecule has 4 aromatic rings. The predicted molar refractivity (Wildman–Crippen MR) is 162 cm³/mol. The van der Waals surface area contributed by atoms with Crippen molar-refractivity contribution in [3.05, 3.63) is 119 Å². The zero-order chi connectivity index (χ0) is 28.9. The molecule has 1 aliphatic rings. The van der Waals surface area contributed by atoms with Crippen molar-refractivity contribution in [3.63, 3.8) is 0 Å². The van der Waals surface area contributed by atoms with Gasteiger partial charge in [-0.15, -0.1) is 0 Å².